The molecule has 72 valence electrons. The summed E-state index contributed by atoms with van der Waals surface area (Å²) in [6.07, 6.45) is -4.19. The van der Waals surface area contributed by atoms with Crippen LogP contribution in [0.15, 0.2) is 0 Å². The van der Waals surface area contributed by atoms with Gasteiger partial charge < -0.3 is 30.9 Å². The van der Waals surface area contributed by atoms with Crippen molar-refractivity contribution in [2.75, 3.05) is 13.2 Å². The first-order valence-corrected chi connectivity index (χ1v) is 3.62. The van der Waals surface area contributed by atoms with E-state index in [0.717, 1.165) is 0 Å². The van der Waals surface area contributed by atoms with E-state index in [1.54, 1.807) is 0 Å². The molecule has 0 aromatic rings. The molecule has 0 aromatic heterocycles. The van der Waals surface area contributed by atoms with Crippen LogP contribution in [0.2, 0.25) is 0 Å². The molecule has 0 bridgehead atoms. The zero-order chi connectivity index (χ0) is 9.35. The van der Waals surface area contributed by atoms with Gasteiger partial charge in [0.25, 0.3) is 0 Å². The number of ether oxygens (including phenoxy) is 1. The van der Waals surface area contributed by atoms with Gasteiger partial charge in [-0.2, -0.15) is 0 Å². The molecular formula is C6H13NO5. The molecule has 1 saturated heterocycles. The standard InChI is InChI=1S/C6H13NO5/c7-2-6(11)5(10)4(9)3(8)1-12-6/h3-5,8-11H,1-2,7H2/t3-,4-,5+,6?/m1/s1. The summed E-state index contributed by atoms with van der Waals surface area (Å²) in [5.41, 5.74) is 5.11. The fraction of sp³-hybridized carbons (Fsp3) is 1.00. The van der Waals surface area contributed by atoms with Crippen molar-refractivity contribution < 1.29 is 25.2 Å². The Morgan fingerprint density at radius 3 is 2.50 bits per heavy atom. The number of hydrogen-bond donors (Lipinski definition) is 5. The van der Waals surface area contributed by atoms with Gasteiger partial charge in [-0.25, -0.2) is 0 Å². The van der Waals surface area contributed by atoms with Crippen molar-refractivity contribution in [1.82, 2.24) is 0 Å². The van der Waals surface area contributed by atoms with Crippen molar-refractivity contribution in [3.8, 4) is 0 Å². The van der Waals surface area contributed by atoms with E-state index in [1.165, 1.54) is 0 Å². The zero-order valence-electron chi connectivity index (χ0n) is 6.42. The molecular weight excluding hydrogens is 166 g/mol. The van der Waals surface area contributed by atoms with Crippen LogP contribution in [0, 0.1) is 0 Å². The SMILES string of the molecule is NCC1(O)OC[C@@H](O)[C@@H](O)[C@@H]1O. The van der Waals surface area contributed by atoms with Crippen LogP contribution in [-0.2, 0) is 4.74 Å². The minimum absolute atomic E-state index is 0.244. The van der Waals surface area contributed by atoms with E-state index in [-0.39, 0.29) is 13.2 Å². The fourth-order valence-electron chi connectivity index (χ4n) is 1.07. The first-order valence-electron chi connectivity index (χ1n) is 3.62. The molecule has 1 aliphatic heterocycles. The van der Waals surface area contributed by atoms with E-state index < -0.39 is 24.1 Å². The van der Waals surface area contributed by atoms with E-state index in [9.17, 15) is 10.2 Å². The highest BCUT2D eigenvalue weighted by Gasteiger charge is 2.47. The number of rotatable bonds is 1. The molecule has 6 heteroatoms. The largest absolute Gasteiger partial charge is 0.388 e. The average molecular weight is 179 g/mol. The third-order valence-corrected chi connectivity index (χ3v) is 1.98. The molecule has 12 heavy (non-hydrogen) atoms. The molecule has 0 saturated carbocycles. The van der Waals surface area contributed by atoms with Crippen molar-refractivity contribution in [3.63, 3.8) is 0 Å². The summed E-state index contributed by atoms with van der Waals surface area (Å²) in [7, 11) is 0. The topological polar surface area (TPSA) is 116 Å². The monoisotopic (exact) mass is 179 g/mol. The lowest BCUT2D eigenvalue weighted by Crippen LogP contribution is -2.63. The van der Waals surface area contributed by atoms with E-state index in [4.69, 9.17) is 15.9 Å². The summed E-state index contributed by atoms with van der Waals surface area (Å²) in [6.45, 7) is -0.579. The van der Waals surface area contributed by atoms with Crippen molar-refractivity contribution in [3.05, 3.63) is 0 Å². The number of nitrogens with two attached hydrogens (primary N) is 1. The van der Waals surface area contributed by atoms with Crippen LogP contribution >= 0.6 is 0 Å². The maximum Gasteiger partial charge on any atom is 0.207 e. The smallest absolute Gasteiger partial charge is 0.207 e. The van der Waals surface area contributed by atoms with Gasteiger partial charge in [-0.15, -0.1) is 0 Å². The molecule has 1 unspecified atom stereocenters. The van der Waals surface area contributed by atoms with E-state index in [2.05, 4.69) is 4.74 Å². The summed E-state index contributed by atoms with van der Waals surface area (Å²) in [5, 5.41) is 36.7. The maximum atomic E-state index is 9.37. The lowest BCUT2D eigenvalue weighted by atomic mass is 9.97. The van der Waals surface area contributed by atoms with Crippen molar-refractivity contribution in [1.29, 1.82) is 0 Å². The Balaban J connectivity index is 2.71. The molecule has 1 fully saturated rings. The van der Waals surface area contributed by atoms with Crippen LogP contribution in [0.25, 0.3) is 0 Å². The highest BCUT2D eigenvalue weighted by molar-refractivity contribution is 4.91. The predicted molar refractivity (Wildman–Crippen MR) is 38.0 cm³/mol. The highest BCUT2D eigenvalue weighted by atomic mass is 16.6. The van der Waals surface area contributed by atoms with Crippen LogP contribution < -0.4 is 5.73 Å². The molecule has 1 aliphatic rings. The van der Waals surface area contributed by atoms with Crippen LogP contribution in [0.1, 0.15) is 0 Å². The molecule has 0 aromatic carbocycles. The van der Waals surface area contributed by atoms with Gasteiger partial charge >= 0.3 is 0 Å². The number of aliphatic hydroxyl groups excluding tert-OH is 3. The molecule has 6 N–H and O–H groups in total. The summed E-state index contributed by atoms with van der Waals surface area (Å²) < 4.78 is 4.68. The number of hydrogen-bond acceptors (Lipinski definition) is 6. The van der Waals surface area contributed by atoms with Gasteiger partial charge in [0.1, 0.15) is 18.3 Å². The van der Waals surface area contributed by atoms with Crippen molar-refractivity contribution in [2.24, 2.45) is 5.73 Å². The quantitative estimate of drug-likeness (QED) is 0.288. The van der Waals surface area contributed by atoms with Crippen LogP contribution in [0.4, 0.5) is 0 Å². The van der Waals surface area contributed by atoms with Crippen LogP contribution in [0.5, 0.6) is 0 Å². The third kappa shape index (κ3) is 1.45. The second kappa shape index (κ2) is 3.25. The Labute approximate surface area is 69.2 Å². The third-order valence-electron chi connectivity index (χ3n) is 1.98. The minimum Gasteiger partial charge on any atom is -0.388 e. The van der Waals surface area contributed by atoms with Gasteiger partial charge in [0, 0.05) is 6.54 Å². The first-order chi connectivity index (χ1) is 5.51. The summed E-state index contributed by atoms with van der Waals surface area (Å²) in [6, 6.07) is 0. The Morgan fingerprint density at radius 2 is 2.00 bits per heavy atom. The highest BCUT2D eigenvalue weighted by Crippen LogP contribution is 2.22. The predicted octanol–water partition coefficient (Wildman–Crippen LogP) is -3.25. The van der Waals surface area contributed by atoms with Gasteiger partial charge in [0.2, 0.25) is 5.79 Å². The number of aliphatic hydroxyl groups is 4. The first kappa shape index (κ1) is 9.85. The maximum absolute atomic E-state index is 9.37. The zero-order valence-corrected chi connectivity index (χ0v) is 6.42. The normalized spacial score (nSPS) is 49.2. The van der Waals surface area contributed by atoms with Crippen LogP contribution in [-0.4, -0.2) is 57.7 Å². The summed E-state index contributed by atoms with van der Waals surface area (Å²) >= 11 is 0. The second-order valence-electron chi connectivity index (χ2n) is 2.86. The molecule has 1 heterocycles. The van der Waals surface area contributed by atoms with Crippen molar-refractivity contribution >= 4 is 0 Å². The molecule has 4 atom stereocenters. The van der Waals surface area contributed by atoms with Crippen molar-refractivity contribution in [2.45, 2.75) is 24.1 Å². The van der Waals surface area contributed by atoms with E-state index in [1.807, 2.05) is 0 Å². The summed E-state index contributed by atoms with van der Waals surface area (Å²) in [5.74, 6) is -1.95. The lowest BCUT2D eigenvalue weighted by molar-refractivity contribution is -0.315. The Morgan fingerprint density at radius 1 is 1.42 bits per heavy atom. The molecule has 0 radical (unpaired) electrons. The minimum atomic E-state index is -1.95. The Bertz CT molecular complexity index is 166. The lowest BCUT2D eigenvalue weighted by Gasteiger charge is -2.40. The van der Waals surface area contributed by atoms with Gasteiger partial charge in [0.05, 0.1) is 6.61 Å². The second-order valence-corrected chi connectivity index (χ2v) is 2.86. The van der Waals surface area contributed by atoms with Gasteiger partial charge in [-0.3, -0.25) is 0 Å². The molecule has 6 nitrogen and oxygen atoms in total. The fourth-order valence-corrected chi connectivity index (χ4v) is 1.07. The van der Waals surface area contributed by atoms with Gasteiger partial charge in [-0.1, -0.05) is 0 Å². The Hall–Kier alpha value is -0.240. The molecule has 0 spiro atoms. The molecule has 0 amide bonds. The van der Waals surface area contributed by atoms with E-state index >= 15 is 0 Å². The van der Waals surface area contributed by atoms with Gasteiger partial charge in [0.15, 0.2) is 0 Å². The summed E-state index contributed by atoms with van der Waals surface area (Å²) in [4.78, 5) is 0. The Kier molecular flexibility index (Phi) is 2.67. The van der Waals surface area contributed by atoms with Gasteiger partial charge in [-0.05, 0) is 0 Å². The van der Waals surface area contributed by atoms with E-state index in [0.29, 0.717) is 0 Å². The molecule has 1 rings (SSSR count). The van der Waals surface area contributed by atoms with Crippen LogP contribution in [0.3, 0.4) is 0 Å². The molecule has 0 aliphatic carbocycles. The average Bonchev–Trinajstić information content (AvgIpc) is 2.09.